The van der Waals surface area contributed by atoms with Gasteiger partial charge in [-0.05, 0) is 42.7 Å². The number of ether oxygens (including phenoxy) is 2. The van der Waals surface area contributed by atoms with Crippen molar-refractivity contribution in [1.29, 1.82) is 0 Å². The lowest BCUT2D eigenvalue weighted by atomic mass is 10.0. The van der Waals surface area contributed by atoms with Crippen molar-refractivity contribution in [3.63, 3.8) is 0 Å². The van der Waals surface area contributed by atoms with E-state index in [0.29, 0.717) is 16.8 Å². The maximum Gasteiger partial charge on any atom is 0.266 e. The van der Waals surface area contributed by atoms with Crippen LogP contribution in [0.25, 0.3) is 10.6 Å². The number of anilines is 1. The molecule has 0 fully saturated rings. The molecule has 3 aromatic rings. The number of carbonyl (C=O) groups excluding carboxylic acids is 1. The van der Waals surface area contributed by atoms with Gasteiger partial charge in [-0.1, -0.05) is 49.4 Å². The Labute approximate surface area is 168 Å². The first-order chi connectivity index (χ1) is 13.5. The summed E-state index contributed by atoms with van der Waals surface area (Å²) in [6.07, 6.45) is -0.675. The van der Waals surface area contributed by atoms with Gasteiger partial charge in [0.05, 0.1) is 7.11 Å². The van der Waals surface area contributed by atoms with E-state index >= 15 is 0 Å². The average molecular weight is 398 g/mol. The van der Waals surface area contributed by atoms with Crippen molar-refractivity contribution < 1.29 is 14.3 Å². The topological polar surface area (TPSA) is 73.3 Å². The predicted octanol–water partition coefficient (Wildman–Crippen LogP) is 4.74. The number of amides is 1. The molecule has 0 saturated carbocycles. The summed E-state index contributed by atoms with van der Waals surface area (Å²) in [6, 6.07) is 15.3. The van der Waals surface area contributed by atoms with Crippen LogP contribution in [0, 0.1) is 0 Å². The number of benzene rings is 2. The SMILES string of the molecule is COc1ccc(OC(C)C(=O)Nc2nnc(-c3ccc(C(C)C)cc3)s2)cc1. The van der Waals surface area contributed by atoms with Crippen molar-refractivity contribution in [3.05, 3.63) is 54.1 Å². The molecule has 146 valence electrons. The maximum atomic E-state index is 12.4. The second kappa shape index (κ2) is 8.84. The number of carbonyl (C=O) groups is 1. The number of hydrogen-bond acceptors (Lipinski definition) is 6. The van der Waals surface area contributed by atoms with Crippen LogP contribution >= 0.6 is 11.3 Å². The number of nitrogens with one attached hydrogen (secondary N) is 1. The first-order valence-corrected chi connectivity index (χ1v) is 9.83. The fraction of sp³-hybridized carbons (Fsp3) is 0.286. The van der Waals surface area contributed by atoms with Crippen LogP contribution < -0.4 is 14.8 Å². The van der Waals surface area contributed by atoms with E-state index in [9.17, 15) is 4.79 Å². The molecule has 3 rings (SSSR count). The Morgan fingerprint density at radius 1 is 0.964 bits per heavy atom. The fourth-order valence-electron chi connectivity index (χ4n) is 2.52. The van der Waals surface area contributed by atoms with Crippen molar-refractivity contribution in [2.24, 2.45) is 0 Å². The average Bonchev–Trinajstić information content (AvgIpc) is 3.17. The zero-order valence-electron chi connectivity index (χ0n) is 16.3. The minimum atomic E-state index is -0.675. The Hall–Kier alpha value is -2.93. The smallest absolute Gasteiger partial charge is 0.266 e. The van der Waals surface area contributed by atoms with Crippen LogP contribution in [0.2, 0.25) is 0 Å². The van der Waals surface area contributed by atoms with Gasteiger partial charge in [0, 0.05) is 5.56 Å². The lowest BCUT2D eigenvalue weighted by molar-refractivity contribution is -0.122. The van der Waals surface area contributed by atoms with Crippen LogP contribution in [0.5, 0.6) is 11.5 Å². The van der Waals surface area contributed by atoms with Gasteiger partial charge in [0.2, 0.25) is 5.13 Å². The molecular weight excluding hydrogens is 374 g/mol. The Kier molecular flexibility index (Phi) is 6.26. The van der Waals surface area contributed by atoms with Gasteiger partial charge in [-0.3, -0.25) is 10.1 Å². The van der Waals surface area contributed by atoms with Crippen LogP contribution in [0.15, 0.2) is 48.5 Å². The molecule has 1 atom stereocenters. The van der Waals surface area contributed by atoms with Crippen molar-refractivity contribution >= 4 is 22.4 Å². The summed E-state index contributed by atoms with van der Waals surface area (Å²) in [6.45, 7) is 6.00. The highest BCUT2D eigenvalue weighted by Crippen LogP contribution is 2.28. The molecular formula is C21H23N3O3S. The standard InChI is InChI=1S/C21H23N3O3S/c1-13(2)15-5-7-16(8-6-15)20-23-24-21(28-20)22-19(25)14(3)27-18-11-9-17(26-4)10-12-18/h5-14H,1-4H3,(H,22,24,25). The first kappa shape index (κ1) is 19.8. The van der Waals surface area contributed by atoms with Gasteiger partial charge < -0.3 is 9.47 Å². The van der Waals surface area contributed by atoms with Crippen molar-refractivity contribution in [2.45, 2.75) is 32.8 Å². The second-order valence-corrected chi connectivity index (χ2v) is 7.59. The third-order valence-corrected chi connectivity index (χ3v) is 5.11. The second-order valence-electron chi connectivity index (χ2n) is 6.61. The molecule has 0 spiro atoms. The molecule has 0 aliphatic carbocycles. The third-order valence-electron chi connectivity index (χ3n) is 4.22. The molecule has 1 unspecified atom stereocenters. The van der Waals surface area contributed by atoms with E-state index in [4.69, 9.17) is 9.47 Å². The minimum absolute atomic E-state index is 0.284. The van der Waals surface area contributed by atoms with E-state index in [-0.39, 0.29) is 5.91 Å². The molecule has 2 aromatic carbocycles. The Morgan fingerprint density at radius 2 is 1.61 bits per heavy atom. The molecule has 6 nitrogen and oxygen atoms in total. The van der Waals surface area contributed by atoms with Crippen LogP contribution in [0.3, 0.4) is 0 Å². The number of hydrogen-bond donors (Lipinski definition) is 1. The number of nitrogens with zero attached hydrogens (tertiary/aromatic N) is 2. The van der Waals surface area contributed by atoms with Crippen molar-refractivity contribution in [1.82, 2.24) is 10.2 Å². The monoisotopic (exact) mass is 397 g/mol. The molecule has 0 saturated heterocycles. The van der Waals surface area contributed by atoms with E-state index < -0.39 is 6.10 Å². The summed E-state index contributed by atoms with van der Waals surface area (Å²) in [5.41, 5.74) is 2.25. The molecule has 1 amide bonds. The molecule has 0 radical (unpaired) electrons. The normalized spacial score (nSPS) is 11.9. The highest BCUT2D eigenvalue weighted by molar-refractivity contribution is 7.18. The summed E-state index contributed by atoms with van der Waals surface area (Å²) >= 11 is 1.33. The molecule has 1 aromatic heterocycles. The zero-order chi connectivity index (χ0) is 20.1. The fourth-order valence-corrected chi connectivity index (χ4v) is 3.27. The van der Waals surface area contributed by atoms with E-state index in [2.05, 4.69) is 41.5 Å². The van der Waals surface area contributed by atoms with Gasteiger partial charge in [-0.25, -0.2) is 0 Å². The van der Waals surface area contributed by atoms with Crippen molar-refractivity contribution in [3.8, 4) is 22.1 Å². The number of rotatable bonds is 7. The van der Waals surface area contributed by atoms with Crippen LogP contribution in [0.1, 0.15) is 32.3 Å². The Balaban J connectivity index is 1.61. The maximum absolute atomic E-state index is 12.4. The molecule has 1 N–H and O–H groups in total. The van der Waals surface area contributed by atoms with Gasteiger partial charge in [-0.2, -0.15) is 0 Å². The highest BCUT2D eigenvalue weighted by Gasteiger charge is 2.17. The van der Waals surface area contributed by atoms with Gasteiger partial charge in [0.1, 0.15) is 16.5 Å². The Bertz CT molecular complexity index is 921. The quantitative estimate of drug-likeness (QED) is 0.623. The lowest BCUT2D eigenvalue weighted by Crippen LogP contribution is -2.30. The van der Waals surface area contributed by atoms with Crippen LogP contribution in [-0.4, -0.2) is 29.3 Å². The van der Waals surface area contributed by atoms with Gasteiger partial charge in [0.25, 0.3) is 5.91 Å². The molecule has 7 heteroatoms. The van der Waals surface area contributed by atoms with Crippen molar-refractivity contribution in [2.75, 3.05) is 12.4 Å². The molecule has 0 aliphatic heterocycles. The van der Waals surface area contributed by atoms with E-state index in [0.717, 1.165) is 16.3 Å². The zero-order valence-corrected chi connectivity index (χ0v) is 17.1. The third kappa shape index (κ3) is 4.86. The predicted molar refractivity (Wildman–Crippen MR) is 111 cm³/mol. The molecule has 0 aliphatic rings. The van der Waals surface area contributed by atoms with Crippen LogP contribution in [0.4, 0.5) is 5.13 Å². The van der Waals surface area contributed by atoms with Crippen LogP contribution in [-0.2, 0) is 4.79 Å². The summed E-state index contributed by atoms with van der Waals surface area (Å²) in [5, 5.41) is 12.2. The highest BCUT2D eigenvalue weighted by atomic mass is 32.1. The number of methoxy groups -OCH3 is 1. The molecule has 0 bridgehead atoms. The first-order valence-electron chi connectivity index (χ1n) is 9.01. The Morgan fingerprint density at radius 3 is 2.21 bits per heavy atom. The summed E-state index contributed by atoms with van der Waals surface area (Å²) in [7, 11) is 1.60. The largest absolute Gasteiger partial charge is 0.497 e. The van der Waals surface area contributed by atoms with E-state index in [1.807, 2.05) is 12.1 Å². The minimum Gasteiger partial charge on any atom is -0.497 e. The summed E-state index contributed by atoms with van der Waals surface area (Å²) < 4.78 is 10.8. The van der Waals surface area contributed by atoms with E-state index in [1.54, 1.807) is 38.3 Å². The van der Waals surface area contributed by atoms with Gasteiger partial charge in [-0.15, -0.1) is 10.2 Å². The van der Waals surface area contributed by atoms with E-state index in [1.165, 1.54) is 16.9 Å². The molecule has 1 heterocycles. The molecule has 28 heavy (non-hydrogen) atoms. The lowest BCUT2D eigenvalue weighted by Gasteiger charge is -2.13. The van der Waals surface area contributed by atoms with Gasteiger partial charge in [0.15, 0.2) is 6.10 Å². The summed E-state index contributed by atoms with van der Waals surface area (Å²) in [4.78, 5) is 12.4. The van der Waals surface area contributed by atoms with Gasteiger partial charge >= 0.3 is 0 Å². The number of aromatic nitrogens is 2. The summed E-state index contributed by atoms with van der Waals surface area (Å²) in [5.74, 6) is 1.51.